The number of carbonyl (C=O) groups is 1. The molecule has 0 aromatic carbocycles. The molecule has 1 aliphatic heterocycles. The quantitative estimate of drug-likeness (QED) is 0.751. The van der Waals surface area contributed by atoms with Crippen LogP contribution in [0.15, 0.2) is 0 Å². The van der Waals surface area contributed by atoms with E-state index in [1.165, 1.54) is 32.4 Å². The van der Waals surface area contributed by atoms with Crippen LogP contribution in [-0.2, 0) is 4.79 Å². The zero-order valence-corrected chi connectivity index (χ0v) is 10.1. The first kappa shape index (κ1) is 12.5. The molecule has 15 heavy (non-hydrogen) atoms. The van der Waals surface area contributed by atoms with Crippen molar-refractivity contribution >= 4 is 5.91 Å². The van der Waals surface area contributed by atoms with Crippen LogP contribution in [0.4, 0.5) is 0 Å². The van der Waals surface area contributed by atoms with E-state index in [-0.39, 0.29) is 5.91 Å². The molecule has 3 heteroatoms. The van der Waals surface area contributed by atoms with Crippen molar-refractivity contribution in [2.45, 2.75) is 39.5 Å². The standard InChI is InChI=1S/C12H24N2O/c1-11(2)10-12(15)13-6-9-14-7-4-3-5-8-14/h11H,3-10H2,1-2H3,(H,13,15). The average Bonchev–Trinajstić information content (AvgIpc) is 2.18. The molecule has 3 nitrogen and oxygen atoms in total. The fourth-order valence-electron chi connectivity index (χ4n) is 1.98. The van der Waals surface area contributed by atoms with Crippen LogP contribution in [0.2, 0.25) is 0 Å². The van der Waals surface area contributed by atoms with Gasteiger partial charge in [-0.2, -0.15) is 0 Å². The molecule has 0 aromatic heterocycles. The Morgan fingerprint density at radius 1 is 1.27 bits per heavy atom. The minimum atomic E-state index is 0.196. The van der Waals surface area contributed by atoms with E-state index < -0.39 is 0 Å². The highest BCUT2D eigenvalue weighted by Crippen LogP contribution is 2.07. The largest absolute Gasteiger partial charge is 0.355 e. The van der Waals surface area contributed by atoms with E-state index >= 15 is 0 Å². The molecule has 88 valence electrons. The van der Waals surface area contributed by atoms with Crippen molar-refractivity contribution in [1.29, 1.82) is 0 Å². The van der Waals surface area contributed by atoms with Crippen LogP contribution in [0.1, 0.15) is 39.5 Å². The van der Waals surface area contributed by atoms with E-state index in [2.05, 4.69) is 24.1 Å². The zero-order valence-electron chi connectivity index (χ0n) is 10.1. The van der Waals surface area contributed by atoms with E-state index in [1.54, 1.807) is 0 Å². The predicted octanol–water partition coefficient (Wildman–Crippen LogP) is 1.63. The van der Waals surface area contributed by atoms with Gasteiger partial charge in [0.15, 0.2) is 0 Å². The molecule has 0 unspecified atom stereocenters. The second-order valence-corrected chi connectivity index (χ2v) is 4.85. The summed E-state index contributed by atoms with van der Waals surface area (Å²) in [5.74, 6) is 0.655. The van der Waals surface area contributed by atoms with Crippen LogP contribution >= 0.6 is 0 Å². The number of carbonyl (C=O) groups excluding carboxylic acids is 1. The van der Waals surface area contributed by atoms with Gasteiger partial charge in [0.1, 0.15) is 0 Å². The van der Waals surface area contributed by atoms with Crippen LogP contribution in [0, 0.1) is 5.92 Å². The summed E-state index contributed by atoms with van der Waals surface area (Å²) in [6.07, 6.45) is 4.66. The number of nitrogens with zero attached hydrogens (tertiary/aromatic N) is 1. The lowest BCUT2D eigenvalue weighted by Crippen LogP contribution is -2.37. The third kappa shape index (κ3) is 5.78. The van der Waals surface area contributed by atoms with Crippen LogP contribution in [0.25, 0.3) is 0 Å². The van der Waals surface area contributed by atoms with E-state index in [9.17, 15) is 4.79 Å². The SMILES string of the molecule is CC(C)CC(=O)NCCN1CCCCC1. The normalized spacial score (nSPS) is 18.1. The van der Waals surface area contributed by atoms with Crippen molar-refractivity contribution in [2.75, 3.05) is 26.2 Å². The van der Waals surface area contributed by atoms with Crippen LogP contribution in [0.5, 0.6) is 0 Å². The van der Waals surface area contributed by atoms with Crippen molar-refractivity contribution in [2.24, 2.45) is 5.92 Å². The Morgan fingerprint density at radius 2 is 1.93 bits per heavy atom. The van der Waals surface area contributed by atoms with Gasteiger partial charge in [-0.15, -0.1) is 0 Å². The molecule has 0 saturated carbocycles. The maximum atomic E-state index is 11.4. The number of piperidine rings is 1. The van der Waals surface area contributed by atoms with Crippen LogP contribution < -0.4 is 5.32 Å². The minimum Gasteiger partial charge on any atom is -0.355 e. The number of nitrogens with one attached hydrogen (secondary N) is 1. The van der Waals surface area contributed by atoms with E-state index in [0.29, 0.717) is 12.3 Å². The number of amides is 1. The number of hydrogen-bond acceptors (Lipinski definition) is 2. The molecule has 1 saturated heterocycles. The molecule has 1 heterocycles. The summed E-state index contributed by atoms with van der Waals surface area (Å²) in [6, 6.07) is 0. The molecule has 1 fully saturated rings. The van der Waals surface area contributed by atoms with Gasteiger partial charge < -0.3 is 10.2 Å². The minimum absolute atomic E-state index is 0.196. The monoisotopic (exact) mass is 212 g/mol. The number of likely N-dealkylation sites (tertiary alicyclic amines) is 1. The first-order valence-corrected chi connectivity index (χ1v) is 6.17. The highest BCUT2D eigenvalue weighted by atomic mass is 16.1. The maximum absolute atomic E-state index is 11.4. The summed E-state index contributed by atoms with van der Waals surface area (Å²) >= 11 is 0. The van der Waals surface area contributed by atoms with Crippen LogP contribution in [-0.4, -0.2) is 37.0 Å². The highest BCUT2D eigenvalue weighted by molar-refractivity contribution is 5.75. The first-order valence-electron chi connectivity index (χ1n) is 6.17. The first-order chi connectivity index (χ1) is 7.18. The van der Waals surface area contributed by atoms with Crippen molar-refractivity contribution < 1.29 is 4.79 Å². The van der Waals surface area contributed by atoms with Gasteiger partial charge >= 0.3 is 0 Å². The molecule has 1 rings (SSSR count). The third-order valence-electron chi connectivity index (χ3n) is 2.79. The molecule has 1 amide bonds. The molecular weight excluding hydrogens is 188 g/mol. The second kappa shape index (κ2) is 6.83. The lowest BCUT2D eigenvalue weighted by atomic mass is 10.1. The van der Waals surface area contributed by atoms with Crippen molar-refractivity contribution in [3.05, 3.63) is 0 Å². The molecule has 0 radical (unpaired) electrons. The summed E-state index contributed by atoms with van der Waals surface area (Å²) in [4.78, 5) is 13.8. The second-order valence-electron chi connectivity index (χ2n) is 4.85. The topological polar surface area (TPSA) is 32.3 Å². The predicted molar refractivity (Wildman–Crippen MR) is 62.8 cm³/mol. The van der Waals surface area contributed by atoms with Gasteiger partial charge in [0.2, 0.25) is 5.91 Å². The Kier molecular flexibility index (Phi) is 5.69. The molecule has 0 bridgehead atoms. The van der Waals surface area contributed by atoms with Gasteiger partial charge in [-0.25, -0.2) is 0 Å². The Labute approximate surface area is 93.2 Å². The van der Waals surface area contributed by atoms with Gasteiger partial charge in [0, 0.05) is 19.5 Å². The van der Waals surface area contributed by atoms with E-state index in [1.807, 2.05) is 0 Å². The van der Waals surface area contributed by atoms with Crippen molar-refractivity contribution in [1.82, 2.24) is 10.2 Å². The maximum Gasteiger partial charge on any atom is 0.220 e. The van der Waals surface area contributed by atoms with Crippen molar-refractivity contribution in [3.63, 3.8) is 0 Å². The van der Waals surface area contributed by atoms with Gasteiger partial charge in [-0.05, 0) is 31.8 Å². The Balaban J connectivity index is 2.02. The Morgan fingerprint density at radius 3 is 2.53 bits per heavy atom. The Hall–Kier alpha value is -0.570. The summed E-state index contributed by atoms with van der Waals surface area (Å²) in [7, 11) is 0. The number of rotatable bonds is 5. The zero-order chi connectivity index (χ0) is 11.1. The van der Waals surface area contributed by atoms with E-state index in [4.69, 9.17) is 0 Å². The number of hydrogen-bond donors (Lipinski definition) is 1. The molecule has 0 atom stereocenters. The summed E-state index contributed by atoms with van der Waals surface area (Å²) in [5, 5.41) is 2.98. The Bertz CT molecular complexity index is 186. The van der Waals surface area contributed by atoms with E-state index in [0.717, 1.165) is 13.1 Å². The third-order valence-corrected chi connectivity index (χ3v) is 2.79. The smallest absolute Gasteiger partial charge is 0.220 e. The van der Waals surface area contributed by atoms with Gasteiger partial charge in [-0.1, -0.05) is 20.3 Å². The fourth-order valence-corrected chi connectivity index (χ4v) is 1.98. The molecule has 1 N–H and O–H groups in total. The molecule has 0 aromatic rings. The lowest BCUT2D eigenvalue weighted by Gasteiger charge is -2.26. The molecule has 1 aliphatic rings. The van der Waals surface area contributed by atoms with Crippen molar-refractivity contribution in [3.8, 4) is 0 Å². The van der Waals surface area contributed by atoms with Gasteiger partial charge in [0.05, 0.1) is 0 Å². The summed E-state index contributed by atoms with van der Waals surface area (Å²) in [6.45, 7) is 8.39. The van der Waals surface area contributed by atoms with Gasteiger partial charge in [0.25, 0.3) is 0 Å². The summed E-state index contributed by atoms with van der Waals surface area (Å²) in [5.41, 5.74) is 0. The average molecular weight is 212 g/mol. The molecule has 0 spiro atoms. The highest BCUT2D eigenvalue weighted by Gasteiger charge is 2.10. The molecule has 0 aliphatic carbocycles. The molecular formula is C12H24N2O. The lowest BCUT2D eigenvalue weighted by molar-refractivity contribution is -0.121. The van der Waals surface area contributed by atoms with Gasteiger partial charge in [-0.3, -0.25) is 4.79 Å². The summed E-state index contributed by atoms with van der Waals surface area (Å²) < 4.78 is 0. The van der Waals surface area contributed by atoms with Crippen LogP contribution in [0.3, 0.4) is 0 Å². The fraction of sp³-hybridized carbons (Fsp3) is 0.917.